The smallest absolute Gasteiger partial charge is 0.317 e. The first-order valence-corrected chi connectivity index (χ1v) is 8.70. The maximum atomic E-state index is 13.1. The average Bonchev–Trinajstić information content (AvgIpc) is 2.99. The van der Waals surface area contributed by atoms with Gasteiger partial charge in [0.25, 0.3) is 0 Å². The highest BCUT2D eigenvalue weighted by Gasteiger charge is 2.51. The van der Waals surface area contributed by atoms with Crippen molar-refractivity contribution < 1.29 is 9.59 Å². The topological polar surface area (TPSA) is 64.7 Å². The van der Waals surface area contributed by atoms with Crippen molar-refractivity contribution in [3.63, 3.8) is 0 Å². The van der Waals surface area contributed by atoms with Gasteiger partial charge in [0.2, 0.25) is 5.91 Å². The van der Waals surface area contributed by atoms with Crippen LogP contribution in [0.25, 0.3) is 0 Å². The summed E-state index contributed by atoms with van der Waals surface area (Å²) in [6.07, 6.45) is 4.63. The van der Waals surface area contributed by atoms with Gasteiger partial charge in [-0.15, -0.1) is 0 Å². The fourth-order valence-electron chi connectivity index (χ4n) is 4.36. The highest BCUT2D eigenvalue weighted by molar-refractivity contribution is 5.84. The molecule has 0 aromatic heterocycles. The normalized spacial score (nSPS) is 31.8. The number of carbonyl (C=O) groups is 2. The molecule has 0 aromatic rings. The highest BCUT2D eigenvalue weighted by Crippen LogP contribution is 2.45. The Hall–Kier alpha value is -1.30. The zero-order valence-electron chi connectivity index (χ0n) is 13.6. The van der Waals surface area contributed by atoms with Crippen LogP contribution >= 0.6 is 0 Å². The van der Waals surface area contributed by atoms with E-state index in [-0.39, 0.29) is 11.4 Å². The number of nitrogens with one attached hydrogen (secondary N) is 2. The third kappa shape index (κ3) is 2.69. The van der Waals surface area contributed by atoms with Crippen molar-refractivity contribution in [3.8, 4) is 0 Å². The molecule has 2 atom stereocenters. The van der Waals surface area contributed by atoms with Crippen molar-refractivity contribution in [2.45, 2.75) is 32.6 Å². The molecule has 1 aliphatic carbocycles. The Kier molecular flexibility index (Phi) is 4.57. The van der Waals surface area contributed by atoms with Gasteiger partial charge in [-0.1, -0.05) is 12.8 Å². The molecule has 22 heavy (non-hydrogen) atoms. The van der Waals surface area contributed by atoms with Crippen LogP contribution in [0.4, 0.5) is 4.79 Å². The number of hydrogen-bond donors (Lipinski definition) is 2. The number of rotatable bonds is 2. The Bertz CT molecular complexity index is 434. The van der Waals surface area contributed by atoms with Crippen molar-refractivity contribution >= 4 is 11.9 Å². The number of nitrogens with zero attached hydrogens (tertiary/aromatic N) is 2. The molecule has 6 heteroatoms. The number of hydrogen-bond acceptors (Lipinski definition) is 3. The molecular formula is C16H28N4O2. The second-order valence-corrected chi connectivity index (χ2v) is 6.84. The second kappa shape index (κ2) is 6.44. The van der Waals surface area contributed by atoms with Crippen LogP contribution in [0.3, 0.4) is 0 Å². The van der Waals surface area contributed by atoms with Crippen molar-refractivity contribution in [3.05, 3.63) is 0 Å². The lowest BCUT2D eigenvalue weighted by molar-refractivity contribution is -0.146. The molecule has 2 saturated heterocycles. The Morgan fingerprint density at radius 1 is 1.18 bits per heavy atom. The predicted octanol–water partition coefficient (Wildman–Crippen LogP) is 0.640. The van der Waals surface area contributed by atoms with E-state index in [0.29, 0.717) is 44.5 Å². The number of urea groups is 1. The van der Waals surface area contributed by atoms with Gasteiger partial charge in [-0.05, 0) is 32.2 Å². The summed E-state index contributed by atoms with van der Waals surface area (Å²) in [7, 11) is 0. The molecule has 0 unspecified atom stereocenters. The van der Waals surface area contributed by atoms with Crippen molar-refractivity contribution in [1.82, 2.24) is 20.4 Å². The number of carbonyl (C=O) groups excluding carboxylic acids is 2. The van der Waals surface area contributed by atoms with Crippen molar-refractivity contribution in [2.24, 2.45) is 11.3 Å². The largest absolute Gasteiger partial charge is 0.339 e. The SMILES string of the molecule is CCNC(=O)N1CCN(C(=O)[C@@]23CCCC[C@H]2CNC3)CC1. The number of amides is 3. The molecule has 2 N–H and O–H groups in total. The van der Waals surface area contributed by atoms with Crippen LogP contribution in [0.15, 0.2) is 0 Å². The summed E-state index contributed by atoms with van der Waals surface area (Å²) in [5, 5.41) is 6.28. The van der Waals surface area contributed by atoms with Crippen LogP contribution in [0.2, 0.25) is 0 Å². The van der Waals surface area contributed by atoms with Crippen LogP contribution in [0.1, 0.15) is 32.6 Å². The molecule has 2 heterocycles. The first-order chi connectivity index (χ1) is 10.7. The molecule has 3 aliphatic rings. The number of piperazine rings is 1. The molecule has 3 fully saturated rings. The van der Waals surface area contributed by atoms with Crippen LogP contribution in [-0.2, 0) is 4.79 Å². The van der Waals surface area contributed by atoms with Gasteiger partial charge in [0.15, 0.2) is 0 Å². The molecule has 124 valence electrons. The maximum Gasteiger partial charge on any atom is 0.317 e. The maximum absolute atomic E-state index is 13.1. The monoisotopic (exact) mass is 308 g/mol. The Labute approximate surface area is 132 Å². The minimum absolute atomic E-state index is 0.00848. The van der Waals surface area contributed by atoms with Crippen molar-refractivity contribution in [2.75, 3.05) is 45.8 Å². The van der Waals surface area contributed by atoms with Crippen LogP contribution < -0.4 is 10.6 Å². The van der Waals surface area contributed by atoms with Gasteiger partial charge in [0, 0.05) is 39.3 Å². The van der Waals surface area contributed by atoms with Gasteiger partial charge in [-0.2, -0.15) is 0 Å². The molecule has 3 rings (SSSR count). The average molecular weight is 308 g/mol. The third-order valence-corrected chi connectivity index (χ3v) is 5.65. The fourth-order valence-corrected chi connectivity index (χ4v) is 4.36. The van der Waals surface area contributed by atoms with E-state index in [4.69, 9.17) is 0 Å². The summed E-state index contributed by atoms with van der Waals surface area (Å²) in [4.78, 5) is 28.8. The number of fused-ring (bicyclic) bond motifs is 1. The summed E-state index contributed by atoms with van der Waals surface area (Å²) >= 11 is 0. The van der Waals surface area contributed by atoms with Gasteiger partial charge in [-0.3, -0.25) is 4.79 Å². The lowest BCUT2D eigenvalue weighted by Gasteiger charge is -2.43. The quantitative estimate of drug-likeness (QED) is 0.787. The van der Waals surface area contributed by atoms with E-state index in [2.05, 4.69) is 10.6 Å². The van der Waals surface area contributed by atoms with E-state index >= 15 is 0 Å². The first-order valence-electron chi connectivity index (χ1n) is 8.70. The van der Waals surface area contributed by atoms with Gasteiger partial charge in [0.1, 0.15) is 0 Å². The second-order valence-electron chi connectivity index (χ2n) is 6.84. The summed E-state index contributed by atoms with van der Waals surface area (Å²) in [6, 6.07) is -0.00848. The molecule has 3 amide bonds. The van der Waals surface area contributed by atoms with Crippen LogP contribution in [0, 0.1) is 11.3 Å². The van der Waals surface area contributed by atoms with Gasteiger partial charge in [0.05, 0.1) is 5.41 Å². The molecule has 2 aliphatic heterocycles. The van der Waals surface area contributed by atoms with E-state index in [1.165, 1.54) is 19.3 Å². The summed E-state index contributed by atoms with van der Waals surface area (Å²) in [5.41, 5.74) is -0.161. The van der Waals surface area contributed by atoms with E-state index < -0.39 is 0 Å². The Balaban J connectivity index is 1.61. The zero-order valence-corrected chi connectivity index (χ0v) is 13.6. The summed E-state index contributed by atoms with van der Waals surface area (Å²) in [6.45, 7) is 7.03. The van der Waals surface area contributed by atoms with Gasteiger partial charge in [-0.25, -0.2) is 4.79 Å². The molecule has 0 spiro atoms. The minimum atomic E-state index is -0.161. The standard InChI is InChI=1S/C16H28N4O2/c1-2-18-15(22)20-9-7-19(8-10-20)14(21)16-6-4-3-5-13(16)11-17-12-16/h13,17H,2-12H2,1H3,(H,18,22)/t13-,16+/m0/s1. The minimum Gasteiger partial charge on any atom is -0.339 e. The van der Waals surface area contributed by atoms with Gasteiger partial charge < -0.3 is 20.4 Å². The fraction of sp³-hybridized carbons (Fsp3) is 0.875. The Morgan fingerprint density at radius 2 is 1.91 bits per heavy atom. The van der Waals surface area contributed by atoms with E-state index in [1.54, 1.807) is 0 Å². The molecule has 0 radical (unpaired) electrons. The first kappa shape index (κ1) is 15.6. The molecule has 0 aromatic carbocycles. The lowest BCUT2D eigenvalue weighted by Crippen LogP contribution is -2.57. The van der Waals surface area contributed by atoms with E-state index in [0.717, 1.165) is 19.5 Å². The van der Waals surface area contributed by atoms with Crippen LogP contribution in [0.5, 0.6) is 0 Å². The molecule has 1 saturated carbocycles. The molecule has 0 bridgehead atoms. The van der Waals surface area contributed by atoms with E-state index in [1.807, 2.05) is 16.7 Å². The zero-order chi connectivity index (χ0) is 15.6. The van der Waals surface area contributed by atoms with E-state index in [9.17, 15) is 9.59 Å². The van der Waals surface area contributed by atoms with Crippen molar-refractivity contribution in [1.29, 1.82) is 0 Å². The summed E-state index contributed by atoms with van der Waals surface area (Å²) in [5.74, 6) is 0.841. The molecular weight excluding hydrogens is 280 g/mol. The molecule has 6 nitrogen and oxygen atoms in total. The third-order valence-electron chi connectivity index (χ3n) is 5.65. The Morgan fingerprint density at radius 3 is 2.64 bits per heavy atom. The van der Waals surface area contributed by atoms with Gasteiger partial charge >= 0.3 is 6.03 Å². The van der Waals surface area contributed by atoms with Crippen LogP contribution in [-0.4, -0.2) is 67.6 Å². The predicted molar refractivity (Wildman–Crippen MR) is 84.5 cm³/mol. The lowest BCUT2D eigenvalue weighted by atomic mass is 9.67. The summed E-state index contributed by atoms with van der Waals surface area (Å²) < 4.78 is 0. The highest BCUT2D eigenvalue weighted by atomic mass is 16.2.